The number of hydrogen-bond donors (Lipinski definition) is 1. The molecule has 4 rings (SSSR count). The Labute approximate surface area is 131 Å². The Morgan fingerprint density at radius 1 is 1.23 bits per heavy atom. The molecule has 1 aromatic rings. The summed E-state index contributed by atoms with van der Waals surface area (Å²) >= 11 is 0. The monoisotopic (exact) mass is 300 g/mol. The van der Waals surface area contributed by atoms with Crippen molar-refractivity contribution >= 4 is 0 Å². The average Bonchev–Trinajstić information content (AvgIpc) is 3.09. The smallest absolute Gasteiger partial charge is 0.157 e. The summed E-state index contributed by atoms with van der Waals surface area (Å²) in [7, 11) is 0. The summed E-state index contributed by atoms with van der Waals surface area (Å²) in [5, 5.41) is 9.47. The van der Waals surface area contributed by atoms with E-state index < -0.39 is 0 Å². The van der Waals surface area contributed by atoms with Crippen LogP contribution in [-0.2, 0) is 15.9 Å². The zero-order chi connectivity index (χ0) is 15.2. The van der Waals surface area contributed by atoms with Gasteiger partial charge in [0.05, 0.1) is 13.2 Å². The number of rotatable bonds is 3. The molecular formula is C19H24O3. The summed E-state index contributed by atoms with van der Waals surface area (Å²) in [4.78, 5) is 0. The average molecular weight is 300 g/mol. The lowest BCUT2D eigenvalue weighted by atomic mass is 9.76. The number of allylic oxidation sites excluding steroid dienone is 2. The predicted molar refractivity (Wildman–Crippen MR) is 84.6 cm³/mol. The molecule has 3 aliphatic rings. The molecule has 2 atom stereocenters. The molecule has 1 saturated carbocycles. The maximum atomic E-state index is 9.47. The standard InChI is InChI=1S/C19H24O3/c1-13-8-17(20)6-3-15(13)4-7-18-21-11-19(12-22-18)10-14-2-5-16(19)9-14/h2-3,5-6,8,14,16,18,20H,4,7,9-12H2,1H3/t14-,16-,18?,19?/m0/s1. The Kier molecular flexibility index (Phi) is 3.50. The molecule has 2 aliphatic carbocycles. The van der Waals surface area contributed by atoms with Gasteiger partial charge in [0, 0.05) is 11.8 Å². The number of phenolic OH excluding ortho intramolecular Hbond substituents is 1. The minimum absolute atomic E-state index is 0.0815. The number of benzene rings is 1. The van der Waals surface area contributed by atoms with Crippen molar-refractivity contribution in [3.63, 3.8) is 0 Å². The van der Waals surface area contributed by atoms with Crippen LogP contribution in [0.4, 0.5) is 0 Å². The molecule has 0 unspecified atom stereocenters. The van der Waals surface area contributed by atoms with Gasteiger partial charge >= 0.3 is 0 Å². The van der Waals surface area contributed by atoms with Crippen molar-refractivity contribution in [2.24, 2.45) is 17.3 Å². The van der Waals surface area contributed by atoms with E-state index in [0.29, 0.717) is 11.7 Å². The van der Waals surface area contributed by atoms with Gasteiger partial charge in [-0.1, -0.05) is 18.2 Å². The predicted octanol–water partition coefficient (Wildman–Crippen LogP) is 3.59. The van der Waals surface area contributed by atoms with Gasteiger partial charge in [-0.2, -0.15) is 0 Å². The fraction of sp³-hybridized carbons (Fsp3) is 0.579. The van der Waals surface area contributed by atoms with Gasteiger partial charge in [0.15, 0.2) is 6.29 Å². The van der Waals surface area contributed by atoms with E-state index in [2.05, 4.69) is 12.2 Å². The van der Waals surface area contributed by atoms with Crippen LogP contribution in [0.5, 0.6) is 5.75 Å². The van der Waals surface area contributed by atoms with Crippen LogP contribution in [0.15, 0.2) is 30.4 Å². The van der Waals surface area contributed by atoms with Crippen LogP contribution in [0, 0.1) is 24.2 Å². The van der Waals surface area contributed by atoms with Crippen molar-refractivity contribution in [2.75, 3.05) is 13.2 Å². The van der Waals surface area contributed by atoms with E-state index in [9.17, 15) is 5.11 Å². The highest BCUT2D eigenvalue weighted by Gasteiger charge is 2.50. The topological polar surface area (TPSA) is 38.7 Å². The van der Waals surface area contributed by atoms with Crippen LogP contribution >= 0.6 is 0 Å². The normalized spacial score (nSPS) is 36.3. The lowest BCUT2D eigenvalue weighted by Crippen LogP contribution is -2.44. The first-order valence-electron chi connectivity index (χ1n) is 8.35. The molecule has 0 aromatic heterocycles. The lowest BCUT2D eigenvalue weighted by Gasteiger charge is -2.41. The highest BCUT2D eigenvalue weighted by atomic mass is 16.7. The maximum Gasteiger partial charge on any atom is 0.157 e. The van der Waals surface area contributed by atoms with Crippen molar-refractivity contribution in [2.45, 2.75) is 38.9 Å². The van der Waals surface area contributed by atoms with Crippen LogP contribution < -0.4 is 0 Å². The zero-order valence-corrected chi connectivity index (χ0v) is 13.1. The first kappa shape index (κ1) is 14.3. The number of ether oxygens (including phenoxy) is 2. The number of phenols is 1. The lowest BCUT2D eigenvalue weighted by molar-refractivity contribution is -0.236. The Hall–Kier alpha value is -1.32. The summed E-state index contributed by atoms with van der Waals surface area (Å²) in [6, 6.07) is 5.56. The molecule has 1 heterocycles. The molecule has 1 aromatic carbocycles. The third-order valence-electron chi connectivity index (χ3n) is 5.72. The molecule has 2 bridgehead atoms. The molecule has 1 spiro atoms. The summed E-state index contributed by atoms with van der Waals surface area (Å²) in [5.41, 5.74) is 2.64. The SMILES string of the molecule is Cc1cc(O)ccc1CCC1OCC2(CO1)C[C@H]1C=C[C@H]2C1. The van der Waals surface area contributed by atoms with Crippen molar-refractivity contribution in [3.05, 3.63) is 41.5 Å². The van der Waals surface area contributed by atoms with Gasteiger partial charge in [0.1, 0.15) is 5.75 Å². The van der Waals surface area contributed by atoms with E-state index in [1.807, 2.05) is 19.1 Å². The number of hydrogen-bond acceptors (Lipinski definition) is 3. The molecule has 118 valence electrons. The highest BCUT2D eigenvalue weighted by Crippen LogP contribution is 2.53. The van der Waals surface area contributed by atoms with Gasteiger partial charge in [-0.15, -0.1) is 0 Å². The molecule has 3 heteroatoms. The summed E-state index contributed by atoms with van der Waals surface area (Å²) in [6.45, 7) is 3.73. The van der Waals surface area contributed by atoms with E-state index in [4.69, 9.17) is 9.47 Å². The fourth-order valence-electron chi connectivity index (χ4n) is 4.39. The minimum Gasteiger partial charge on any atom is -0.508 e. The van der Waals surface area contributed by atoms with Crippen molar-refractivity contribution < 1.29 is 14.6 Å². The third kappa shape index (κ3) is 2.46. The van der Waals surface area contributed by atoms with Crippen molar-refractivity contribution in [1.82, 2.24) is 0 Å². The Morgan fingerprint density at radius 2 is 2.05 bits per heavy atom. The first-order valence-corrected chi connectivity index (χ1v) is 8.35. The van der Waals surface area contributed by atoms with E-state index in [1.165, 1.54) is 18.4 Å². The molecule has 3 nitrogen and oxygen atoms in total. The van der Waals surface area contributed by atoms with Gasteiger partial charge in [-0.3, -0.25) is 0 Å². The molecule has 22 heavy (non-hydrogen) atoms. The summed E-state index contributed by atoms with van der Waals surface area (Å²) in [5.74, 6) is 1.75. The van der Waals surface area contributed by atoms with E-state index in [-0.39, 0.29) is 11.7 Å². The van der Waals surface area contributed by atoms with Crippen LogP contribution in [0.1, 0.15) is 30.4 Å². The second kappa shape index (κ2) is 5.39. The molecule has 2 fully saturated rings. The second-order valence-electron chi connectivity index (χ2n) is 7.25. The number of aryl methyl sites for hydroxylation is 2. The Balaban J connectivity index is 1.32. The first-order chi connectivity index (χ1) is 10.6. The summed E-state index contributed by atoms with van der Waals surface area (Å²) < 4.78 is 12.1. The molecule has 0 amide bonds. The Morgan fingerprint density at radius 3 is 2.68 bits per heavy atom. The van der Waals surface area contributed by atoms with Crippen LogP contribution in [0.2, 0.25) is 0 Å². The van der Waals surface area contributed by atoms with Gasteiger partial charge < -0.3 is 14.6 Å². The third-order valence-corrected chi connectivity index (χ3v) is 5.72. The zero-order valence-electron chi connectivity index (χ0n) is 13.1. The molecular weight excluding hydrogens is 276 g/mol. The van der Waals surface area contributed by atoms with E-state index in [0.717, 1.165) is 37.5 Å². The van der Waals surface area contributed by atoms with Crippen LogP contribution in [0.25, 0.3) is 0 Å². The molecule has 1 N–H and O–H groups in total. The van der Waals surface area contributed by atoms with Gasteiger partial charge in [-0.05, 0) is 61.3 Å². The fourth-order valence-corrected chi connectivity index (χ4v) is 4.39. The van der Waals surface area contributed by atoms with Gasteiger partial charge in [0.25, 0.3) is 0 Å². The Bertz CT molecular complexity index is 584. The molecule has 1 saturated heterocycles. The van der Waals surface area contributed by atoms with Gasteiger partial charge in [0.2, 0.25) is 0 Å². The maximum absolute atomic E-state index is 9.47. The number of fused-ring (bicyclic) bond motifs is 3. The van der Waals surface area contributed by atoms with E-state index >= 15 is 0 Å². The van der Waals surface area contributed by atoms with Gasteiger partial charge in [-0.25, -0.2) is 0 Å². The molecule has 1 aliphatic heterocycles. The highest BCUT2D eigenvalue weighted by molar-refractivity contribution is 5.33. The van der Waals surface area contributed by atoms with Crippen molar-refractivity contribution in [1.29, 1.82) is 0 Å². The number of aromatic hydroxyl groups is 1. The summed E-state index contributed by atoms with van der Waals surface area (Å²) in [6.07, 6.45) is 9.00. The van der Waals surface area contributed by atoms with Crippen molar-refractivity contribution in [3.8, 4) is 5.75 Å². The van der Waals surface area contributed by atoms with Crippen LogP contribution in [-0.4, -0.2) is 24.6 Å². The largest absolute Gasteiger partial charge is 0.508 e. The molecule has 0 radical (unpaired) electrons. The second-order valence-corrected chi connectivity index (χ2v) is 7.25. The minimum atomic E-state index is -0.0815. The quantitative estimate of drug-likeness (QED) is 0.867. The van der Waals surface area contributed by atoms with Crippen LogP contribution in [0.3, 0.4) is 0 Å². The van der Waals surface area contributed by atoms with E-state index in [1.54, 1.807) is 6.07 Å².